The molecule has 2 unspecified atom stereocenters. The van der Waals surface area contributed by atoms with Gasteiger partial charge in [-0.1, -0.05) is 0 Å². The molecular weight excluding hydrogens is 218 g/mol. The summed E-state index contributed by atoms with van der Waals surface area (Å²) in [6.45, 7) is 9.06. The molecule has 0 heterocycles. The maximum atomic E-state index is 12.1. The first-order chi connectivity index (χ1) is 8.04. The summed E-state index contributed by atoms with van der Waals surface area (Å²) in [6, 6.07) is 0.264. The third kappa shape index (κ3) is 3.68. The van der Waals surface area contributed by atoms with Crippen molar-refractivity contribution in [2.75, 3.05) is 13.2 Å². The van der Waals surface area contributed by atoms with E-state index in [0.717, 1.165) is 19.3 Å². The van der Waals surface area contributed by atoms with Crippen molar-refractivity contribution in [2.45, 2.75) is 64.6 Å². The van der Waals surface area contributed by atoms with Crippen LogP contribution >= 0.6 is 0 Å². The Morgan fingerprint density at radius 3 is 2.65 bits per heavy atom. The fraction of sp³-hybridized carbons (Fsp3) is 0.923. The van der Waals surface area contributed by atoms with E-state index in [1.807, 2.05) is 13.8 Å². The van der Waals surface area contributed by atoms with E-state index in [1.54, 1.807) is 0 Å². The first kappa shape index (κ1) is 14.5. The molecule has 1 N–H and O–H groups in total. The van der Waals surface area contributed by atoms with Gasteiger partial charge < -0.3 is 9.47 Å². The SMILES string of the molecule is CCOC(=O)C1(NC(C)C)CCC(OCC)C1. The highest BCUT2D eigenvalue weighted by Gasteiger charge is 2.47. The first-order valence-electron chi connectivity index (χ1n) is 6.60. The molecule has 0 aliphatic heterocycles. The molecule has 1 aliphatic carbocycles. The summed E-state index contributed by atoms with van der Waals surface area (Å²) in [4.78, 5) is 12.1. The summed E-state index contributed by atoms with van der Waals surface area (Å²) in [5, 5.41) is 3.37. The molecular formula is C13H25NO3. The summed E-state index contributed by atoms with van der Waals surface area (Å²) in [5.74, 6) is -0.129. The van der Waals surface area contributed by atoms with E-state index >= 15 is 0 Å². The molecule has 0 radical (unpaired) electrons. The fourth-order valence-electron chi connectivity index (χ4n) is 2.58. The molecule has 0 bridgehead atoms. The van der Waals surface area contributed by atoms with Crippen molar-refractivity contribution in [3.63, 3.8) is 0 Å². The second kappa shape index (κ2) is 6.36. The van der Waals surface area contributed by atoms with E-state index < -0.39 is 5.54 Å². The highest BCUT2D eigenvalue weighted by molar-refractivity contribution is 5.81. The summed E-state index contributed by atoms with van der Waals surface area (Å²) < 4.78 is 10.8. The summed E-state index contributed by atoms with van der Waals surface area (Å²) >= 11 is 0. The second-order valence-corrected chi connectivity index (χ2v) is 4.92. The Morgan fingerprint density at radius 1 is 1.41 bits per heavy atom. The van der Waals surface area contributed by atoms with E-state index in [4.69, 9.17) is 9.47 Å². The van der Waals surface area contributed by atoms with Gasteiger partial charge in [-0.15, -0.1) is 0 Å². The molecule has 4 heteroatoms. The van der Waals surface area contributed by atoms with Crippen molar-refractivity contribution < 1.29 is 14.3 Å². The van der Waals surface area contributed by atoms with E-state index in [2.05, 4.69) is 19.2 Å². The molecule has 0 saturated heterocycles. The number of hydrogen-bond donors (Lipinski definition) is 1. The number of esters is 1. The van der Waals surface area contributed by atoms with Crippen LogP contribution in [0.15, 0.2) is 0 Å². The minimum atomic E-state index is -0.538. The lowest BCUT2D eigenvalue weighted by molar-refractivity contribution is -0.151. The van der Waals surface area contributed by atoms with Gasteiger partial charge in [0, 0.05) is 19.1 Å². The molecule has 0 aromatic rings. The topological polar surface area (TPSA) is 47.6 Å². The van der Waals surface area contributed by atoms with Gasteiger partial charge in [-0.25, -0.2) is 0 Å². The molecule has 1 saturated carbocycles. The Kier molecular flexibility index (Phi) is 5.40. The van der Waals surface area contributed by atoms with Crippen LogP contribution in [0.25, 0.3) is 0 Å². The second-order valence-electron chi connectivity index (χ2n) is 4.92. The van der Waals surface area contributed by atoms with E-state index in [0.29, 0.717) is 13.2 Å². The number of carbonyl (C=O) groups excluding carboxylic acids is 1. The molecule has 1 aliphatic rings. The van der Waals surface area contributed by atoms with Crippen LogP contribution in [-0.4, -0.2) is 36.9 Å². The molecule has 0 spiro atoms. The monoisotopic (exact) mass is 243 g/mol. The number of hydrogen-bond acceptors (Lipinski definition) is 4. The van der Waals surface area contributed by atoms with Crippen LogP contribution in [0, 0.1) is 0 Å². The van der Waals surface area contributed by atoms with Gasteiger partial charge >= 0.3 is 5.97 Å². The Hall–Kier alpha value is -0.610. The van der Waals surface area contributed by atoms with E-state index in [9.17, 15) is 4.79 Å². The van der Waals surface area contributed by atoms with Gasteiger partial charge in [-0.2, -0.15) is 0 Å². The van der Waals surface area contributed by atoms with Crippen molar-refractivity contribution in [3.8, 4) is 0 Å². The van der Waals surface area contributed by atoms with Crippen LogP contribution in [-0.2, 0) is 14.3 Å². The third-order valence-electron chi connectivity index (χ3n) is 3.10. The molecule has 4 nitrogen and oxygen atoms in total. The molecule has 0 aromatic heterocycles. The molecule has 100 valence electrons. The first-order valence-corrected chi connectivity index (χ1v) is 6.60. The molecule has 0 amide bonds. The Balaban J connectivity index is 2.71. The Morgan fingerprint density at radius 2 is 2.12 bits per heavy atom. The van der Waals surface area contributed by atoms with Crippen LogP contribution < -0.4 is 5.32 Å². The lowest BCUT2D eigenvalue weighted by Gasteiger charge is -2.30. The summed E-state index contributed by atoms with van der Waals surface area (Å²) in [6.07, 6.45) is 2.62. The lowest BCUT2D eigenvalue weighted by Crippen LogP contribution is -2.54. The van der Waals surface area contributed by atoms with Crippen LogP contribution in [0.1, 0.15) is 47.0 Å². The summed E-state index contributed by atoms with van der Waals surface area (Å²) in [5.41, 5.74) is -0.538. The van der Waals surface area contributed by atoms with Crippen molar-refractivity contribution in [2.24, 2.45) is 0 Å². The van der Waals surface area contributed by atoms with Gasteiger partial charge in [0.15, 0.2) is 0 Å². The molecule has 1 fully saturated rings. The zero-order valence-corrected chi connectivity index (χ0v) is 11.4. The zero-order valence-electron chi connectivity index (χ0n) is 11.4. The number of rotatable bonds is 6. The lowest BCUT2D eigenvalue weighted by atomic mass is 9.96. The molecule has 1 rings (SSSR count). The number of ether oxygens (including phenoxy) is 2. The maximum Gasteiger partial charge on any atom is 0.326 e. The van der Waals surface area contributed by atoms with Gasteiger partial charge in [0.2, 0.25) is 0 Å². The maximum absolute atomic E-state index is 12.1. The van der Waals surface area contributed by atoms with Gasteiger partial charge in [0.1, 0.15) is 5.54 Å². The summed E-state index contributed by atoms with van der Waals surface area (Å²) in [7, 11) is 0. The van der Waals surface area contributed by atoms with E-state index in [1.165, 1.54) is 0 Å². The van der Waals surface area contributed by atoms with E-state index in [-0.39, 0.29) is 18.1 Å². The fourth-order valence-corrected chi connectivity index (χ4v) is 2.58. The quantitative estimate of drug-likeness (QED) is 0.724. The van der Waals surface area contributed by atoms with Crippen LogP contribution in [0.3, 0.4) is 0 Å². The van der Waals surface area contributed by atoms with Gasteiger partial charge in [0.05, 0.1) is 12.7 Å². The normalized spacial score (nSPS) is 28.6. The smallest absolute Gasteiger partial charge is 0.326 e. The average Bonchev–Trinajstić information content (AvgIpc) is 2.63. The Labute approximate surface area is 104 Å². The number of carbonyl (C=O) groups is 1. The number of nitrogens with one attached hydrogen (secondary N) is 1. The zero-order chi connectivity index (χ0) is 12.9. The minimum Gasteiger partial charge on any atom is -0.465 e. The van der Waals surface area contributed by atoms with Crippen LogP contribution in [0.4, 0.5) is 0 Å². The largest absolute Gasteiger partial charge is 0.465 e. The molecule has 0 aromatic carbocycles. The van der Waals surface area contributed by atoms with Crippen molar-refractivity contribution in [1.82, 2.24) is 5.32 Å². The Bertz CT molecular complexity index is 255. The standard InChI is InChI=1S/C13H25NO3/c1-5-16-11-7-8-13(9-11,14-10(3)4)12(15)17-6-2/h10-11,14H,5-9H2,1-4H3. The minimum absolute atomic E-state index is 0.129. The highest BCUT2D eigenvalue weighted by Crippen LogP contribution is 2.33. The van der Waals surface area contributed by atoms with Crippen molar-refractivity contribution >= 4 is 5.97 Å². The van der Waals surface area contributed by atoms with Crippen LogP contribution in [0.2, 0.25) is 0 Å². The predicted molar refractivity (Wildman–Crippen MR) is 66.9 cm³/mol. The van der Waals surface area contributed by atoms with Gasteiger partial charge in [-0.05, 0) is 40.5 Å². The van der Waals surface area contributed by atoms with Gasteiger partial charge in [-0.3, -0.25) is 10.1 Å². The van der Waals surface area contributed by atoms with Crippen molar-refractivity contribution in [3.05, 3.63) is 0 Å². The average molecular weight is 243 g/mol. The molecule has 17 heavy (non-hydrogen) atoms. The van der Waals surface area contributed by atoms with Crippen molar-refractivity contribution in [1.29, 1.82) is 0 Å². The predicted octanol–water partition coefficient (Wildman–Crippen LogP) is 1.88. The van der Waals surface area contributed by atoms with Gasteiger partial charge in [0.25, 0.3) is 0 Å². The van der Waals surface area contributed by atoms with Crippen LogP contribution in [0.5, 0.6) is 0 Å². The highest BCUT2D eigenvalue weighted by atomic mass is 16.5. The third-order valence-corrected chi connectivity index (χ3v) is 3.10. The molecule has 2 atom stereocenters.